The van der Waals surface area contributed by atoms with Crippen LogP contribution in [-0.4, -0.2) is 11.0 Å². The Morgan fingerprint density at radius 2 is 1.75 bits per heavy atom. The monoisotopic (exact) mass is 276 g/mol. The van der Waals surface area contributed by atoms with Crippen LogP contribution >= 0.6 is 0 Å². The zero-order chi connectivity index (χ0) is 14.7. The molecule has 20 heavy (non-hydrogen) atoms. The predicted octanol–water partition coefficient (Wildman–Crippen LogP) is 3.76. The van der Waals surface area contributed by atoms with Gasteiger partial charge in [0.25, 0.3) is 0 Å². The first-order valence-corrected chi connectivity index (χ1v) is 6.61. The zero-order valence-electron chi connectivity index (χ0n) is 11.8. The van der Waals surface area contributed by atoms with E-state index in [2.05, 4.69) is 10.3 Å². The number of rotatable bonds is 4. The van der Waals surface area contributed by atoms with Crippen molar-refractivity contribution in [1.82, 2.24) is 10.3 Å². The molecule has 1 unspecified atom stereocenters. The number of nitrogens with zero attached hydrogens (tertiary/aromatic N) is 1. The molecule has 106 valence electrons. The summed E-state index contributed by atoms with van der Waals surface area (Å²) in [6.45, 7) is 5.93. The summed E-state index contributed by atoms with van der Waals surface area (Å²) in [6, 6.07) is 7.60. The highest BCUT2D eigenvalue weighted by Gasteiger charge is 2.19. The highest BCUT2D eigenvalue weighted by Crippen LogP contribution is 2.25. The number of hydrogen-bond donors (Lipinski definition) is 1. The average molecular weight is 276 g/mol. The maximum absolute atomic E-state index is 13.5. The van der Waals surface area contributed by atoms with Crippen LogP contribution in [-0.2, 0) is 0 Å². The van der Waals surface area contributed by atoms with Gasteiger partial charge in [0.2, 0.25) is 0 Å². The smallest absolute Gasteiger partial charge is 0.141 e. The lowest BCUT2D eigenvalue weighted by molar-refractivity contribution is 0.512. The number of pyridine rings is 1. The van der Waals surface area contributed by atoms with Crippen LogP contribution < -0.4 is 5.32 Å². The Hall–Kier alpha value is -1.81. The molecule has 0 radical (unpaired) electrons. The van der Waals surface area contributed by atoms with Gasteiger partial charge in [0.05, 0.1) is 17.9 Å². The van der Waals surface area contributed by atoms with E-state index >= 15 is 0 Å². The quantitative estimate of drug-likeness (QED) is 0.919. The highest BCUT2D eigenvalue weighted by molar-refractivity contribution is 5.35. The molecule has 0 saturated carbocycles. The van der Waals surface area contributed by atoms with Crippen molar-refractivity contribution >= 4 is 0 Å². The fourth-order valence-electron chi connectivity index (χ4n) is 2.15. The third kappa shape index (κ3) is 3.39. The first kappa shape index (κ1) is 14.6. The van der Waals surface area contributed by atoms with Crippen LogP contribution in [0, 0.1) is 18.6 Å². The lowest BCUT2D eigenvalue weighted by Gasteiger charge is -2.23. The first-order chi connectivity index (χ1) is 9.47. The summed E-state index contributed by atoms with van der Waals surface area (Å²) in [7, 11) is 0. The lowest BCUT2D eigenvalue weighted by atomic mass is 9.97. The molecule has 1 aromatic carbocycles. The summed E-state index contributed by atoms with van der Waals surface area (Å²) in [4.78, 5) is 4.12. The molecule has 1 atom stereocenters. The molecule has 1 aromatic heterocycles. The van der Waals surface area contributed by atoms with Crippen LogP contribution in [0.1, 0.15) is 36.7 Å². The summed E-state index contributed by atoms with van der Waals surface area (Å²) >= 11 is 0. The van der Waals surface area contributed by atoms with Crippen LogP contribution in [0.2, 0.25) is 0 Å². The van der Waals surface area contributed by atoms with Crippen LogP contribution in [0.15, 0.2) is 36.5 Å². The molecule has 4 heteroatoms. The average Bonchev–Trinajstić information content (AvgIpc) is 2.40. The summed E-state index contributed by atoms with van der Waals surface area (Å²) in [5.41, 5.74) is 2.46. The normalized spacial score (nSPS) is 12.7. The number of nitrogens with one attached hydrogen (secondary N) is 1. The summed E-state index contributed by atoms with van der Waals surface area (Å²) in [5.74, 6) is -0.670. The van der Waals surface area contributed by atoms with Crippen LogP contribution in [0.25, 0.3) is 0 Å². The third-order valence-electron chi connectivity index (χ3n) is 3.10. The van der Waals surface area contributed by atoms with E-state index in [1.165, 1.54) is 24.4 Å². The minimum Gasteiger partial charge on any atom is -0.303 e. The standard InChI is InChI=1S/C16H18F2N2/c1-10(2)20-16(15-7-6-13(18)9-19-15)14-8-12(17)5-4-11(14)3/h4-10,16,20H,1-3H3. The van der Waals surface area contributed by atoms with Crippen molar-refractivity contribution in [2.45, 2.75) is 32.9 Å². The summed E-state index contributed by atoms with van der Waals surface area (Å²) in [5, 5.41) is 3.35. The Morgan fingerprint density at radius 3 is 2.35 bits per heavy atom. The molecule has 0 amide bonds. The van der Waals surface area contributed by atoms with E-state index in [9.17, 15) is 8.78 Å². The second-order valence-electron chi connectivity index (χ2n) is 5.16. The Morgan fingerprint density at radius 1 is 1.05 bits per heavy atom. The van der Waals surface area contributed by atoms with Gasteiger partial charge in [0.15, 0.2) is 0 Å². The van der Waals surface area contributed by atoms with Crippen LogP contribution in [0.5, 0.6) is 0 Å². The number of aromatic nitrogens is 1. The summed E-state index contributed by atoms with van der Waals surface area (Å²) in [6.07, 6.45) is 1.18. The number of halogens is 2. The van der Waals surface area contributed by atoms with Crippen molar-refractivity contribution in [2.75, 3.05) is 0 Å². The van der Waals surface area contributed by atoms with E-state index in [4.69, 9.17) is 0 Å². The largest absolute Gasteiger partial charge is 0.303 e. The van der Waals surface area contributed by atoms with Gasteiger partial charge >= 0.3 is 0 Å². The van der Waals surface area contributed by atoms with Gasteiger partial charge < -0.3 is 5.32 Å². The SMILES string of the molecule is Cc1ccc(F)cc1C(NC(C)C)c1ccc(F)cn1. The maximum Gasteiger partial charge on any atom is 0.141 e. The van der Waals surface area contributed by atoms with E-state index in [1.54, 1.807) is 12.1 Å². The molecule has 0 fully saturated rings. The molecular formula is C16H18F2N2. The van der Waals surface area contributed by atoms with Crippen molar-refractivity contribution in [2.24, 2.45) is 0 Å². The second kappa shape index (κ2) is 6.09. The lowest BCUT2D eigenvalue weighted by Crippen LogP contribution is -2.30. The van der Waals surface area contributed by atoms with Gasteiger partial charge in [-0.25, -0.2) is 8.78 Å². The number of hydrogen-bond acceptors (Lipinski definition) is 2. The molecule has 1 heterocycles. The molecule has 0 aliphatic heterocycles. The highest BCUT2D eigenvalue weighted by atomic mass is 19.1. The van der Waals surface area contributed by atoms with Gasteiger partial charge in [0.1, 0.15) is 11.6 Å². The van der Waals surface area contributed by atoms with Crippen molar-refractivity contribution in [1.29, 1.82) is 0 Å². The fourth-order valence-corrected chi connectivity index (χ4v) is 2.15. The Labute approximate surface area is 117 Å². The molecule has 0 saturated heterocycles. The van der Waals surface area contributed by atoms with E-state index in [-0.39, 0.29) is 23.7 Å². The molecule has 1 N–H and O–H groups in total. The maximum atomic E-state index is 13.5. The molecule has 2 nitrogen and oxygen atoms in total. The van der Waals surface area contributed by atoms with Crippen molar-refractivity contribution in [3.8, 4) is 0 Å². The zero-order valence-corrected chi connectivity index (χ0v) is 11.8. The second-order valence-corrected chi connectivity index (χ2v) is 5.16. The Balaban J connectivity index is 2.46. The van der Waals surface area contributed by atoms with Crippen molar-refractivity contribution in [3.05, 3.63) is 65.0 Å². The molecule has 0 bridgehead atoms. The number of aryl methyl sites for hydroxylation is 1. The molecule has 2 aromatic rings. The first-order valence-electron chi connectivity index (χ1n) is 6.61. The molecular weight excluding hydrogens is 258 g/mol. The molecule has 0 aliphatic rings. The van der Waals surface area contributed by atoms with Crippen molar-refractivity contribution in [3.63, 3.8) is 0 Å². The minimum atomic E-state index is -0.381. The summed E-state index contributed by atoms with van der Waals surface area (Å²) < 4.78 is 26.5. The van der Waals surface area contributed by atoms with Gasteiger partial charge in [-0.3, -0.25) is 4.98 Å². The van der Waals surface area contributed by atoms with Gasteiger partial charge in [-0.15, -0.1) is 0 Å². The van der Waals surface area contributed by atoms with Crippen molar-refractivity contribution < 1.29 is 8.78 Å². The molecule has 0 aliphatic carbocycles. The van der Waals surface area contributed by atoms with Gasteiger partial charge in [0, 0.05) is 6.04 Å². The van der Waals surface area contributed by atoms with Crippen LogP contribution in [0.4, 0.5) is 8.78 Å². The van der Waals surface area contributed by atoms with E-state index < -0.39 is 0 Å². The van der Waals surface area contributed by atoms with Crippen LogP contribution in [0.3, 0.4) is 0 Å². The molecule has 0 spiro atoms. The van der Waals surface area contributed by atoms with Gasteiger partial charge in [-0.05, 0) is 56.2 Å². The Kier molecular flexibility index (Phi) is 4.45. The molecule has 2 rings (SSSR count). The fraction of sp³-hybridized carbons (Fsp3) is 0.312. The van der Waals surface area contributed by atoms with Gasteiger partial charge in [-0.1, -0.05) is 6.07 Å². The van der Waals surface area contributed by atoms with E-state index in [0.717, 1.165) is 11.1 Å². The van der Waals surface area contributed by atoms with E-state index in [0.29, 0.717) is 5.69 Å². The number of benzene rings is 1. The third-order valence-corrected chi connectivity index (χ3v) is 3.10. The minimum absolute atomic E-state index is 0.189. The van der Waals surface area contributed by atoms with E-state index in [1.807, 2.05) is 20.8 Å². The Bertz CT molecular complexity index is 580. The topological polar surface area (TPSA) is 24.9 Å². The van der Waals surface area contributed by atoms with Gasteiger partial charge in [-0.2, -0.15) is 0 Å². The predicted molar refractivity (Wildman–Crippen MR) is 75.4 cm³/mol.